The van der Waals surface area contributed by atoms with E-state index in [4.69, 9.17) is 9.47 Å². The van der Waals surface area contributed by atoms with Crippen molar-refractivity contribution in [1.82, 2.24) is 4.72 Å². The van der Waals surface area contributed by atoms with Crippen LogP contribution in [0.2, 0.25) is 0 Å². The third-order valence-corrected chi connectivity index (χ3v) is 5.29. The van der Waals surface area contributed by atoms with Crippen LogP contribution in [-0.4, -0.2) is 33.2 Å². The number of carboxylic acid groups (broad SMARTS) is 1. The number of rotatable bonds is 10. The van der Waals surface area contributed by atoms with E-state index in [1.165, 1.54) is 31.4 Å². The van der Waals surface area contributed by atoms with E-state index in [0.717, 1.165) is 6.42 Å². The molecule has 0 saturated heterocycles. The minimum Gasteiger partial charge on any atom is -0.497 e. The number of carbonyl (C=O) groups is 1. The Balaban J connectivity index is 2.23. The molecule has 0 unspecified atom stereocenters. The Labute approximate surface area is 159 Å². The Morgan fingerprint density at radius 1 is 1.07 bits per heavy atom. The molecule has 2 N–H and O–H groups in total. The molecule has 2 aromatic carbocycles. The van der Waals surface area contributed by atoms with Crippen LogP contribution >= 0.6 is 0 Å². The maximum Gasteiger partial charge on any atom is 0.305 e. The molecule has 0 aromatic heterocycles. The number of hydrogen-bond donors (Lipinski definition) is 2. The second-order valence-corrected chi connectivity index (χ2v) is 7.58. The van der Waals surface area contributed by atoms with Crippen LogP contribution in [0.4, 0.5) is 0 Å². The molecule has 0 aliphatic rings. The van der Waals surface area contributed by atoms with Gasteiger partial charge in [-0.2, -0.15) is 0 Å². The average Bonchev–Trinajstić information content (AvgIpc) is 2.65. The fraction of sp³-hybridized carbons (Fsp3) is 0.316. The normalized spacial score (nSPS) is 12.4. The van der Waals surface area contributed by atoms with Gasteiger partial charge in [-0.15, -0.1) is 0 Å². The van der Waals surface area contributed by atoms with Crippen LogP contribution in [0.1, 0.15) is 31.4 Å². The molecular weight excluding hydrogens is 370 g/mol. The van der Waals surface area contributed by atoms with E-state index in [0.29, 0.717) is 23.7 Å². The molecule has 0 fully saturated rings. The van der Waals surface area contributed by atoms with Gasteiger partial charge in [0, 0.05) is 0 Å². The number of methoxy groups -OCH3 is 1. The van der Waals surface area contributed by atoms with Crippen molar-refractivity contribution in [2.24, 2.45) is 0 Å². The first-order valence-electron chi connectivity index (χ1n) is 8.46. The van der Waals surface area contributed by atoms with Gasteiger partial charge in [-0.05, 0) is 48.4 Å². The van der Waals surface area contributed by atoms with Gasteiger partial charge in [0.05, 0.1) is 31.1 Å². The van der Waals surface area contributed by atoms with E-state index in [2.05, 4.69) is 4.72 Å². The third kappa shape index (κ3) is 5.97. The second kappa shape index (κ2) is 9.38. The predicted octanol–water partition coefficient (Wildman–Crippen LogP) is 2.98. The molecule has 146 valence electrons. The summed E-state index contributed by atoms with van der Waals surface area (Å²) in [7, 11) is -2.42. The number of carboxylic acids is 1. The molecule has 2 aromatic rings. The molecular formula is C19H23NO6S. The summed E-state index contributed by atoms with van der Waals surface area (Å²) in [4.78, 5) is 11.3. The van der Waals surface area contributed by atoms with Crippen LogP contribution in [0.15, 0.2) is 53.4 Å². The van der Waals surface area contributed by atoms with Gasteiger partial charge in [-0.3, -0.25) is 4.79 Å². The molecule has 8 heteroatoms. The lowest BCUT2D eigenvalue weighted by molar-refractivity contribution is -0.137. The Kier molecular flexibility index (Phi) is 7.20. The topological polar surface area (TPSA) is 102 Å². The minimum atomic E-state index is -3.90. The van der Waals surface area contributed by atoms with Gasteiger partial charge in [-0.1, -0.05) is 19.1 Å². The van der Waals surface area contributed by atoms with E-state index in [9.17, 15) is 18.3 Å². The molecule has 0 radical (unpaired) electrons. The summed E-state index contributed by atoms with van der Waals surface area (Å²) in [5, 5.41) is 9.18. The van der Waals surface area contributed by atoms with Crippen LogP contribution in [0, 0.1) is 0 Å². The number of hydrogen-bond acceptors (Lipinski definition) is 5. The Hall–Kier alpha value is -2.58. The standard InChI is InChI=1S/C19H23NO6S/c1-3-12-26-16-6-4-14(5-7-16)18(13-19(21)22)20-27(23,24)17-10-8-15(25-2)9-11-17/h4-11,18,20H,3,12-13H2,1-2H3,(H,21,22)/t18-/m0/s1. The fourth-order valence-electron chi connectivity index (χ4n) is 2.43. The first kappa shape index (κ1) is 20.7. The van der Waals surface area contributed by atoms with E-state index in [1.807, 2.05) is 6.92 Å². The Bertz CT molecular complexity index is 847. The zero-order valence-corrected chi connectivity index (χ0v) is 16.0. The van der Waals surface area contributed by atoms with E-state index in [1.54, 1.807) is 24.3 Å². The second-order valence-electron chi connectivity index (χ2n) is 5.86. The lowest BCUT2D eigenvalue weighted by Crippen LogP contribution is -2.30. The van der Waals surface area contributed by atoms with E-state index in [-0.39, 0.29) is 11.3 Å². The summed E-state index contributed by atoms with van der Waals surface area (Å²) in [5.74, 6) is 0.0649. The van der Waals surface area contributed by atoms with Crippen molar-refractivity contribution in [2.75, 3.05) is 13.7 Å². The van der Waals surface area contributed by atoms with E-state index >= 15 is 0 Å². The maximum absolute atomic E-state index is 12.6. The fourth-order valence-corrected chi connectivity index (χ4v) is 3.65. The molecule has 2 rings (SSSR count). The highest BCUT2D eigenvalue weighted by Gasteiger charge is 2.23. The smallest absolute Gasteiger partial charge is 0.305 e. The summed E-state index contributed by atoms with van der Waals surface area (Å²) in [6.45, 7) is 2.56. The van der Waals surface area contributed by atoms with Gasteiger partial charge in [-0.25, -0.2) is 13.1 Å². The van der Waals surface area contributed by atoms with Gasteiger partial charge < -0.3 is 14.6 Å². The highest BCUT2D eigenvalue weighted by molar-refractivity contribution is 7.89. The summed E-state index contributed by atoms with van der Waals surface area (Å²) in [6.07, 6.45) is 0.482. The molecule has 0 bridgehead atoms. The monoisotopic (exact) mass is 393 g/mol. The summed E-state index contributed by atoms with van der Waals surface area (Å²) < 4.78 is 38.3. The van der Waals surface area contributed by atoms with E-state index < -0.39 is 22.0 Å². The van der Waals surface area contributed by atoms with Crippen molar-refractivity contribution in [3.05, 3.63) is 54.1 Å². The highest BCUT2D eigenvalue weighted by Crippen LogP contribution is 2.24. The van der Waals surface area contributed by atoms with Crippen molar-refractivity contribution >= 4 is 16.0 Å². The van der Waals surface area contributed by atoms with Gasteiger partial charge in [0.15, 0.2) is 0 Å². The first-order valence-corrected chi connectivity index (χ1v) is 9.95. The van der Waals surface area contributed by atoms with Crippen molar-refractivity contribution in [2.45, 2.75) is 30.7 Å². The maximum atomic E-state index is 12.6. The van der Waals surface area contributed by atoms with Gasteiger partial charge in [0.2, 0.25) is 10.0 Å². The predicted molar refractivity (Wildman–Crippen MR) is 101 cm³/mol. The van der Waals surface area contributed by atoms with Crippen LogP contribution in [0.3, 0.4) is 0 Å². The molecule has 0 saturated carbocycles. The molecule has 0 spiro atoms. The molecule has 0 aliphatic carbocycles. The summed E-state index contributed by atoms with van der Waals surface area (Å²) in [5.41, 5.74) is 0.540. The minimum absolute atomic E-state index is 0.0292. The number of ether oxygens (including phenoxy) is 2. The zero-order valence-electron chi connectivity index (χ0n) is 15.2. The van der Waals surface area contributed by atoms with Crippen molar-refractivity contribution in [3.8, 4) is 11.5 Å². The number of nitrogens with one attached hydrogen (secondary N) is 1. The average molecular weight is 393 g/mol. The van der Waals surface area contributed by atoms with Crippen LogP contribution in [0.5, 0.6) is 11.5 Å². The van der Waals surface area contributed by atoms with Gasteiger partial charge >= 0.3 is 5.97 Å². The van der Waals surface area contributed by atoms with Gasteiger partial charge in [0.1, 0.15) is 11.5 Å². The molecule has 27 heavy (non-hydrogen) atoms. The zero-order chi connectivity index (χ0) is 19.9. The van der Waals surface area contributed by atoms with Crippen molar-refractivity contribution in [3.63, 3.8) is 0 Å². The molecule has 0 aliphatic heterocycles. The lowest BCUT2D eigenvalue weighted by Gasteiger charge is -2.18. The third-order valence-electron chi connectivity index (χ3n) is 3.80. The lowest BCUT2D eigenvalue weighted by atomic mass is 10.0. The molecule has 7 nitrogen and oxygen atoms in total. The molecule has 1 atom stereocenters. The number of aliphatic carboxylic acids is 1. The molecule has 0 heterocycles. The summed E-state index contributed by atoms with van der Waals surface area (Å²) in [6, 6.07) is 11.7. The SMILES string of the molecule is CCCOc1ccc([C@H](CC(=O)O)NS(=O)(=O)c2ccc(OC)cc2)cc1. The van der Waals surface area contributed by atoms with Crippen LogP contribution in [0.25, 0.3) is 0 Å². The quantitative estimate of drug-likeness (QED) is 0.643. The van der Waals surface area contributed by atoms with Crippen LogP contribution < -0.4 is 14.2 Å². The summed E-state index contributed by atoms with van der Waals surface area (Å²) >= 11 is 0. The Morgan fingerprint density at radius 2 is 1.67 bits per heavy atom. The largest absolute Gasteiger partial charge is 0.497 e. The van der Waals surface area contributed by atoms with Crippen molar-refractivity contribution in [1.29, 1.82) is 0 Å². The Morgan fingerprint density at radius 3 is 2.19 bits per heavy atom. The number of sulfonamides is 1. The van der Waals surface area contributed by atoms with Gasteiger partial charge in [0.25, 0.3) is 0 Å². The highest BCUT2D eigenvalue weighted by atomic mass is 32.2. The van der Waals surface area contributed by atoms with Crippen molar-refractivity contribution < 1.29 is 27.8 Å². The van der Waals surface area contributed by atoms with Crippen LogP contribution in [-0.2, 0) is 14.8 Å². The number of benzene rings is 2. The molecule has 0 amide bonds. The first-order chi connectivity index (χ1) is 12.9.